The Bertz CT molecular complexity index is 1160. The van der Waals surface area contributed by atoms with E-state index < -0.39 is 0 Å². The number of aromatic nitrogens is 5. The van der Waals surface area contributed by atoms with Gasteiger partial charge in [0.25, 0.3) is 11.5 Å². The van der Waals surface area contributed by atoms with E-state index in [-0.39, 0.29) is 22.4 Å². The van der Waals surface area contributed by atoms with Gasteiger partial charge in [-0.15, -0.1) is 0 Å². The molecule has 2 aliphatic rings. The second kappa shape index (κ2) is 5.98. The molecule has 1 saturated heterocycles. The summed E-state index contributed by atoms with van der Waals surface area (Å²) in [5.74, 6) is 0.510. The summed E-state index contributed by atoms with van der Waals surface area (Å²) < 4.78 is 1.34. The Kier molecular flexibility index (Phi) is 3.65. The second-order valence-electron chi connectivity index (χ2n) is 8.01. The van der Waals surface area contributed by atoms with Crippen molar-refractivity contribution in [2.24, 2.45) is 0 Å². The highest BCUT2D eigenvalue weighted by atomic mass is 16.2. The molecule has 8 heteroatoms. The van der Waals surface area contributed by atoms with Crippen LogP contribution >= 0.6 is 0 Å². The van der Waals surface area contributed by atoms with Gasteiger partial charge in [-0.1, -0.05) is 0 Å². The molecule has 28 heavy (non-hydrogen) atoms. The van der Waals surface area contributed by atoms with Gasteiger partial charge in [-0.3, -0.25) is 14.7 Å². The van der Waals surface area contributed by atoms with E-state index in [9.17, 15) is 9.59 Å². The van der Waals surface area contributed by atoms with Crippen LogP contribution in [0.25, 0.3) is 5.65 Å². The molecule has 1 atom stereocenters. The van der Waals surface area contributed by atoms with Crippen molar-refractivity contribution < 1.29 is 4.79 Å². The fourth-order valence-corrected chi connectivity index (χ4v) is 4.73. The third-order valence-corrected chi connectivity index (χ3v) is 6.08. The smallest absolute Gasteiger partial charge is 0.285 e. The number of aromatic amines is 1. The summed E-state index contributed by atoms with van der Waals surface area (Å²) in [4.78, 5) is 41.2. The van der Waals surface area contributed by atoms with Gasteiger partial charge in [0.2, 0.25) is 0 Å². The number of hydrogen-bond acceptors (Lipinski definition) is 5. The number of aryl methyl sites for hydroxylation is 3. The lowest BCUT2D eigenvalue weighted by Crippen LogP contribution is -2.49. The second-order valence-corrected chi connectivity index (χ2v) is 8.01. The normalized spacial score (nSPS) is 21.4. The van der Waals surface area contributed by atoms with Gasteiger partial charge in [-0.25, -0.2) is 19.5 Å². The summed E-state index contributed by atoms with van der Waals surface area (Å²) in [5.41, 5.74) is 3.23. The summed E-state index contributed by atoms with van der Waals surface area (Å²) in [7, 11) is 0. The Labute approximate surface area is 161 Å². The average Bonchev–Trinajstić information content (AvgIpc) is 3.23. The maximum absolute atomic E-state index is 13.2. The molecule has 0 saturated carbocycles. The van der Waals surface area contributed by atoms with Gasteiger partial charge in [-0.2, -0.15) is 0 Å². The van der Waals surface area contributed by atoms with Crippen LogP contribution in [0.5, 0.6) is 0 Å². The van der Waals surface area contributed by atoms with Gasteiger partial charge in [-0.05, 0) is 45.1 Å². The maximum atomic E-state index is 13.2. The molecule has 3 aromatic heterocycles. The fraction of sp³-hybridized carbons (Fsp3) is 0.450. The molecule has 4 heterocycles. The number of nitrogens with one attached hydrogen (secondary N) is 1. The third kappa shape index (κ3) is 2.47. The standard InChI is InChI=1S/C20H22N6O2/c1-12-8-16-22-10-15(19(28)26(16)24-12)18(27)25-7-3-5-20(11-25)6-4-14-9-21-13(2)23-17(14)20/h8-10,24H,3-7,11H2,1-2H3. The van der Waals surface area contributed by atoms with E-state index in [1.165, 1.54) is 16.3 Å². The zero-order chi connectivity index (χ0) is 19.5. The summed E-state index contributed by atoms with van der Waals surface area (Å²) in [6.07, 6.45) is 7.14. The lowest BCUT2D eigenvalue weighted by Gasteiger charge is -2.40. The zero-order valence-electron chi connectivity index (χ0n) is 16.0. The van der Waals surface area contributed by atoms with E-state index in [4.69, 9.17) is 4.98 Å². The Balaban J connectivity index is 1.50. The molecule has 0 bridgehead atoms. The number of carbonyl (C=O) groups is 1. The highest BCUT2D eigenvalue weighted by Gasteiger charge is 2.45. The van der Waals surface area contributed by atoms with Crippen molar-refractivity contribution in [2.75, 3.05) is 13.1 Å². The van der Waals surface area contributed by atoms with Crippen molar-refractivity contribution in [3.05, 3.63) is 57.2 Å². The predicted molar refractivity (Wildman–Crippen MR) is 102 cm³/mol. The lowest BCUT2D eigenvalue weighted by atomic mass is 9.77. The molecule has 1 N–H and O–H groups in total. The highest BCUT2D eigenvalue weighted by Crippen LogP contribution is 2.43. The molecule has 1 aliphatic heterocycles. The minimum absolute atomic E-state index is 0.105. The number of carbonyl (C=O) groups excluding carboxylic acids is 1. The van der Waals surface area contributed by atoms with E-state index >= 15 is 0 Å². The van der Waals surface area contributed by atoms with Crippen LogP contribution in [0.2, 0.25) is 0 Å². The van der Waals surface area contributed by atoms with Gasteiger partial charge in [0.05, 0.1) is 5.69 Å². The Hall–Kier alpha value is -3.03. The van der Waals surface area contributed by atoms with Crippen molar-refractivity contribution >= 4 is 11.6 Å². The van der Waals surface area contributed by atoms with Crippen LogP contribution in [0.1, 0.15) is 52.4 Å². The molecule has 1 spiro atoms. The number of hydrogen-bond donors (Lipinski definition) is 1. The molecule has 0 radical (unpaired) electrons. The van der Waals surface area contributed by atoms with Crippen LogP contribution in [0.15, 0.2) is 23.3 Å². The number of piperidine rings is 1. The monoisotopic (exact) mass is 378 g/mol. The molecule has 3 aromatic rings. The van der Waals surface area contributed by atoms with Gasteiger partial charge < -0.3 is 4.90 Å². The first-order valence-corrected chi connectivity index (χ1v) is 9.66. The highest BCUT2D eigenvalue weighted by molar-refractivity contribution is 5.94. The van der Waals surface area contributed by atoms with Crippen LogP contribution in [0, 0.1) is 13.8 Å². The largest absolute Gasteiger partial charge is 0.337 e. The Morgan fingerprint density at radius 3 is 2.93 bits per heavy atom. The van der Waals surface area contributed by atoms with Crippen molar-refractivity contribution in [3.63, 3.8) is 0 Å². The Morgan fingerprint density at radius 1 is 1.21 bits per heavy atom. The minimum Gasteiger partial charge on any atom is -0.337 e. The molecule has 144 valence electrons. The third-order valence-electron chi connectivity index (χ3n) is 6.08. The molecule has 1 amide bonds. The minimum atomic E-state index is -0.354. The van der Waals surface area contributed by atoms with Gasteiger partial charge in [0.1, 0.15) is 11.4 Å². The first kappa shape index (κ1) is 17.1. The zero-order valence-corrected chi connectivity index (χ0v) is 16.0. The van der Waals surface area contributed by atoms with Crippen molar-refractivity contribution in [3.8, 4) is 0 Å². The van der Waals surface area contributed by atoms with Gasteiger partial charge >= 0.3 is 0 Å². The van der Waals surface area contributed by atoms with Crippen LogP contribution in [0.3, 0.4) is 0 Å². The van der Waals surface area contributed by atoms with Crippen LogP contribution in [0.4, 0.5) is 0 Å². The molecule has 8 nitrogen and oxygen atoms in total. The molecule has 0 aromatic carbocycles. The van der Waals surface area contributed by atoms with Crippen molar-refractivity contribution in [2.45, 2.75) is 44.9 Å². The summed E-state index contributed by atoms with van der Waals surface area (Å²) >= 11 is 0. The summed E-state index contributed by atoms with van der Waals surface area (Å²) in [6, 6.07) is 1.78. The first-order chi connectivity index (χ1) is 13.5. The molecule has 5 rings (SSSR count). The van der Waals surface area contributed by atoms with Crippen LogP contribution < -0.4 is 5.56 Å². The van der Waals surface area contributed by atoms with E-state index in [2.05, 4.69) is 15.1 Å². The predicted octanol–water partition coefficient (Wildman–Crippen LogP) is 1.55. The van der Waals surface area contributed by atoms with Gasteiger partial charge in [0, 0.05) is 42.7 Å². The molecule has 1 fully saturated rings. The van der Waals surface area contributed by atoms with E-state index in [0.29, 0.717) is 18.7 Å². The molecular weight excluding hydrogens is 356 g/mol. The average molecular weight is 378 g/mol. The maximum Gasteiger partial charge on any atom is 0.285 e. The number of fused-ring (bicyclic) bond motifs is 3. The van der Waals surface area contributed by atoms with Crippen molar-refractivity contribution in [1.29, 1.82) is 0 Å². The van der Waals surface area contributed by atoms with E-state index in [1.807, 2.05) is 20.0 Å². The SMILES string of the molecule is Cc1ncc2c(n1)C1(CCCN(C(=O)c3cnc4cc(C)[nH]n4c3=O)C1)CC2. The lowest BCUT2D eigenvalue weighted by molar-refractivity contribution is 0.0630. The topological polar surface area (TPSA) is 96.2 Å². The number of likely N-dealkylation sites (tertiary alicyclic amines) is 1. The van der Waals surface area contributed by atoms with E-state index in [0.717, 1.165) is 42.9 Å². The van der Waals surface area contributed by atoms with Crippen molar-refractivity contribution in [1.82, 2.24) is 29.5 Å². The molecular formula is C20H22N6O2. The summed E-state index contributed by atoms with van der Waals surface area (Å²) in [6.45, 7) is 4.98. The molecule has 1 unspecified atom stereocenters. The van der Waals surface area contributed by atoms with E-state index in [1.54, 1.807) is 11.0 Å². The van der Waals surface area contributed by atoms with Crippen LogP contribution in [-0.4, -0.2) is 48.5 Å². The number of rotatable bonds is 1. The quantitative estimate of drug-likeness (QED) is 0.693. The van der Waals surface area contributed by atoms with Gasteiger partial charge in [0.15, 0.2) is 5.65 Å². The Morgan fingerprint density at radius 2 is 2.07 bits per heavy atom. The molecule has 1 aliphatic carbocycles. The summed E-state index contributed by atoms with van der Waals surface area (Å²) in [5, 5.41) is 2.95. The number of H-pyrrole nitrogens is 1. The fourth-order valence-electron chi connectivity index (χ4n) is 4.73. The number of nitrogens with zero attached hydrogens (tertiary/aromatic N) is 5. The van der Waals surface area contributed by atoms with Crippen LogP contribution in [-0.2, 0) is 11.8 Å². The number of amides is 1. The first-order valence-electron chi connectivity index (χ1n) is 9.66.